The van der Waals surface area contributed by atoms with Gasteiger partial charge in [-0.3, -0.25) is 0 Å². The Hall–Kier alpha value is -2.24. The van der Waals surface area contributed by atoms with Crippen LogP contribution in [0.5, 0.6) is 0 Å². The molecule has 2 aliphatic rings. The second-order valence-corrected chi connectivity index (χ2v) is 6.54. The fourth-order valence-electron chi connectivity index (χ4n) is 3.60. The van der Waals surface area contributed by atoms with Gasteiger partial charge < -0.3 is 20.4 Å². The van der Waals surface area contributed by atoms with Gasteiger partial charge in [-0.05, 0) is 37.3 Å². The highest BCUT2D eigenvalue weighted by atomic mass is 16.2. The van der Waals surface area contributed by atoms with E-state index in [0.29, 0.717) is 13.1 Å². The summed E-state index contributed by atoms with van der Waals surface area (Å²) in [5.41, 5.74) is 3.18. The van der Waals surface area contributed by atoms with Gasteiger partial charge in [-0.2, -0.15) is 0 Å². The summed E-state index contributed by atoms with van der Waals surface area (Å²) >= 11 is 0. The van der Waals surface area contributed by atoms with E-state index in [-0.39, 0.29) is 18.1 Å². The monoisotopic (exact) mass is 330 g/mol. The molecule has 24 heavy (non-hydrogen) atoms. The Bertz CT molecular complexity index is 623. The number of hydrogen-bond acceptors (Lipinski definition) is 2. The first-order valence-corrected chi connectivity index (χ1v) is 8.79. The minimum Gasteiger partial charge on any atom is -0.336 e. The van der Waals surface area contributed by atoms with Crippen molar-refractivity contribution >= 4 is 17.7 Å². The second-order valence-electron chi connectivity index (χ2n) is 6.54. The number of piperidine rings is 1. The fraction of sp³-hybridized carbons (Fsp3) is 0.556. The van der Waals surface area contributed by atoms with Gasteiger partial charge in [0.05, 0.1) is 0 Å². The normalized spacial score (nSPS) is 18.7. The van der Waals surface area contributed by atoms with Crippen molar-refractivity contribution in [2.45, 2.75) is 39.2 Å². The number of nitrogens with one attached hydrogen (secondary N) is 2. The number of carbonyl (C=O) groups excluding carboxylic acids is 2. The summed E-state index contributed by atoms with van der Waals surface area (Å²) in [4.78, 5) is 28.1. The van der Waals surface area contributed by atoms with E-state index in [2.05, 4.69) is 23.6 Å². The molecule has 2 heterocycles. The molecule has 2 saturated heterocycles. The molecule has 0 radical (unpaired) electrons. The summed E-state index contributed by atoms with van der Waals surface area (Å²) < 4.78 is 0. The topological polar surface area (TPSA) is 64.7 Å². The Labute approximate surface area is 143 Å². The van der Waals surface area contributed by atoms with E-state index in [1.54, 1.807) is 0 Å². The summed E-state index contributed by atoms with van der Waals surface area (Å²) in [5.74, 6) is 0. The van der Waals surface area contributed by atoms with Gasteiger partial charge >= 0.3 is 12.1 Å². The molecule has 0 saturated carbocycles. The maximum atomic E-state index is 12.6. The first-order valence-electron chi connectivity index (χ1n) is 8.79. The van der Waals surface area contributed by atoms with Crippen LogP contribution in [0.2, 0.25) is 0 Å². The van der Waals surface area contributed by atoms with E-state index in [9.17, 15) is 9.59 Å². The van der Waals surface area contributed by atoms with Crippen molar-refractivity contribution in [3.05, 3.63) is 29.3 Å². The molecule has 1 aromatic carbocycles. The Morgan fingerprint density at radius 1 is 1.29 bits per heavy atom. The Balaban J connectivity index is 1.59. The van der Waals surface area contributed by atoms with E-state index in [0.717, 1.165) is 49.2 Å². The molecular weight excluding hydrogens is 304 g/mol. The quantitative estimate of drug-likeness (QED) is 0.895. The molecule has 2 N–H and O–H groups in total. The number of rotatable bonds is 3. The minimum absolute atomic E-state index is 0.0328. The maximum absolute atomic E-state index is 12.6. The zero-order chi connectivity index (χ0) is 17.1. The number of hydrogen-bond donors (Lipinski definition) is 2. The van der Waals surface area contributed by atoms with E-state index in [1.165, 1.54) is 0 Å². The molecule has 130 valence electrons. The van der Waals surface area contributed by atoms with Gasteiger partial charge in [0.25, 0.3) is 0 Å². The first-order chi connectivity index (χ1) is 11.6. The molecule has 6 heteroatoms. The standard InChI is InChI=1S/C18H26N4O2/c1-3-14-6-4-5-13(2)16(14)20-18(24)21-10-7-15(8-11-21)22-12-9-19-17(22)23/h4-6,15H,3,7-12H2,1-2H3,(H,19,23)(H,20,24). The molecule has 0 aliphatic carbocycles. The molecule has 6 nitrogen and oxygen atoms in total. The van der Waals surface area contributed by atoms with Gasteiger partial charge in [-0.1, -0.05) is 25.1 Å². The number of carbonyl (C=O) groups is 2. The summed E-state index contributed by atoms with van der Waals surface area (Å²) in [6, 6.07) is 6.35. The molecule has 0 aromatic heterocycles. The number of amides is 4. The van der Waals surface area contributed by atoms with Crippen LogP contribution in [-0.2, 0) is 6.42 Å². The smallest absolute Gasteiger partial charge is 0.321 e. The predicted molar refractivity (Wildman–Crippen MR) is 94.3 cm³/mol. The van der Waals surface area contributed by atoms with Crippen LogP contribution in [0.3, 0.4) is 0 Å². The van der Waals surface area contributed by atoms with Crippen molar-refractivity contribution in [1.82, 2.24) is 15.1 Å². The third kappa shape index (κ3) is 3.32. The number of benzene rings is 1. The van der Waals surface area contributed by atoms with Crippen molar-refractivity contribution < 1.29 is 9.59 Å². The van der Waals surface area contributed by atoms with Crippen LogP contribution in [0.1, 0.15) is 30.9 Å². The van der Waals surface area contributed by atoms with Crippen molar-refractivity contribution in [2.24, 2.45) is 0 Å². The maximum Gasteiger partial charge on any atom is 0.321 e. The first kappa shape index (κ1) is 16.6. The molecule has 4 amide bonds. The van der Waals surface area contributed by atoms with Gasteiger partial charge in [-0.25, -0.2) is 9.59 Å². The van der Waals surface area contributed by atoms with Gasteiger partial charge in [0.2, 0.25) is 0 Å². The van der Waals surface area contributed by atoms with Crippen LogP contribution in [-0.4, -0.2) is 54.1 Å². The third-order valence-corrected chi connectivity index (χ3v) is 5.05. The highest BCUT2D eigenvalue weighted by molar-refractivity contribution is 5.91. The van der Waals surface area contributed by atoms with E-state index >= 15 is 0 Å². The zero-order valence-electron chi connectivity index (χ0n) is 14.5. The Morgan fingerprint density at radius 3 is 2.67 bits per heavy atom. The number of aryl methyl sites for hydroxylation is 2. The molecule has 2 aliphatic heterocycles. The van der Waals surface area contributed by atoms with Crippen LogP contribution >= 0.6 is 0 Å². The highest BCUT2D eigenvalue weighted by Gasteiger charge is 2.32. The van der Waals surface area contributed by atoms with Crippen molar-refractivity contribution in [3.63, 3.8) is 0 Å². The number of likely N-dealkylation sites (tertiary alicyclic amines) is 1. The van der Waals surface area contributed by atoms with Gasteiger partial charge in [0, 0.05) is 37.9 Å². The van der Waals surface area contributed by atoms with Gasteiger partial charge in [0.1, 0.15) is 0 Å². The molecule has 0 atom stereocenters. The largest absolute Gasteiger partial charge is 0.336 e. The van der Waals surface area contributed by atoms with Crippen LogP contribution < -0.4 is 10.6 Å². The van der Waals surface area contributed by atoms with Crippen molar-refractivity contribution in [3.8, 4) is 0 Å². The summed E-state index contributed by atoms with van der Waals surface area (Å²) in [6.45, 7) is 7.00. The van der Waals surface area contributed by atoms with E-state index in [1.807, 2.05) is 28.9 Å². The predicted octanol–water partition coefficient (Wildman–Crippen LogP) is 2.58. The Morgan fingerprint density at radius 2 is 2.04 bits per heavy atom. The van der Waals surface area contributed by atoms with Crippen LogP contribution in [0, 0.1) is 6.92 Å². The lowest BCUT2D eigenvalue weighted by molar-refractivity contribution is 0.147. The number of para-hydroxylation sites is 1. The van der Waals surface area contributed by atoms with E-state index in [4.69, 9.17) is 0 Å². The van der Waals surface area contributed by atoms with Crippen LogP contribution in [0.15, 0.2) is 18.2 Å². The van der Waals surface area contributed by atoms with Crippen LogP contribution in [0.4, 0.5) is 15.3 Å². The average Bonchev–Trinajstić information content (AvgIpc) is 3.02. The molecule has 2 fully saturated rings. The second kappa shape index (κ2) is 7.11. The number of urea groups is 2. The zero-order valence-corrected chi connectivity index (χ0v) is 14.5. The summed E-state index contributed by atoms with van der Waals surface area (Å²) in [5, 5.41) is 5.93. The SMILES string of the molecule is CCc1cccc(C)c1NC(=O)N1CCC(N2CCNC2=O)CC1. The molecule has 0 spiro atoms. The van der Waals surface area contributed by atoms with E-state index < -0.39 is 0 Å². The molecule has 1 aromatic rings. The summed E-state index contributed by atoms with van der Waals surface area (Å²) in [7, 11) is 0. The lowest BCUT2D eigenvalue weighted by atomic mass is 10.0. The lowest BCUT2D eigenvalue weighted by Gasteiger charge is -2.36. The fourth-order valence-corrected chi connectivity index (χ4v) is 3.60. The molecular formula is C18H26N4O2. The average molecular weight is 330 g/mol. The molecule has 0 bridgehead atoms. The molecule has 3 rings (SSSR count). The van der Waals surface area contributed by atoms with Crippen molar-refractivity contribution in [2.75, 3.05) is 31.5 Å². The number of nitrogens with zero attached hydrogens (tertiary/aromatic N) is 2. The van der Waals surface area contributed by atoms with Crippen molar-refractivity contribution in [1.29, 1.82) is 0 Å². The Kier molecular flexibility index (Phi) is 4.92. The van der Waals surface area contributed by atoms with Gasteiger partial charge in [-0.15, -0.1) is 0 Å². The lowest BCUT2D eigenvalue weighted by Crippen LogP contribution is -2.48. The van der Waals surface area contributed by atoms with Gasteiger partial charge in [0.15, 0.2) is 0 Å². The summed E-state index contributed by atoms with van der Waals surface area (Å²) in [6.07, 6.45) is 2.58. The third-order valence-electron chi connectivity index (χ3n) is 5.05. The number of anilines is 1. The molecule has 0 unspecified atom stereocenters. The van der Waals surface area contributed by atoms with Crippen LogP contribution in [0.25, 0.3) is 0 Å². The minimum atomic E-state index is -0.0386. The highest BCUT2D eigenvalue weighted by Crippen LogP contribution is 2.23.